The molecule has 0 spiro atoms. The molecule has 0 aromatic heterocycles. The molecule has 1 N–H and O–H groups in total. The van der Waals surface area contributed by atoms with Gasteiger partial charge in [0.25, 0.3) is 0 Å². The summed E-state index contributed by atoms with van der Waals surface area (Å²) >= 11 is 7.18. The van der Waals surface area contributed by atoms with E-state index in [9.17, 15) is 5.11 Å². The molecule has 1 nitrogen and oxygen atoms in total. The van der Waals surface area contributed by atoms with E-state index in [0.29, 0.717) is 0 Å². The molecule has 0 saturated carbocycles. The van der Waals surface area contributed by atoms with Gasteiger partial charge in [0, 0.05) is 19.9 Å². The quantitative estimate of drug-likeness (QED) is 0.0725. The van der Waals surface area contributed by atoms with Gasteiger partial charge >= 0.3 is 0 Å². The first-order valence-corrected chi connectivity index (χ1v) is 18.2. The van der Waals surface area contributed by atoms with Gasteiger partial charge in [0.1, 0.15) is 5.60 Å². The predicted octanol–water partition coefficient (Wildman–Crippen LogP) is 12.8. The van der Waals surface area contributed by atoms with E-state index in [2.05, 4.69) is 112 Å². The molecule has 0 radical (unpaired) electrons. The molecule has 5 aromatic rings. The molecule has 0 fully saturated rings. The van der Waals surface area contributed by atoms with Crippen LogP contribution in [-0.2, 0) is 11.0 Å². The second-order valence-corrected chi connectivity index (χ2v) is 14.5. The fourth-order valence-corrected chi connectivity index (χ4v) is 8.11. The summed E-state index contributed by atoms with van der Waals surface area (Å²) in [6.45, 7) is 6.53. The fourth-order valence-electron chi connectivity index (χ4n) is 7.58. The van der Waals surface area contributed by atoms with Crippen LogP contribution in [0.2, 0.25) is 0 Å². The number of hydrogen-bond donors (Lipinski definition) is 1. The van der Waals surface area contributed by atoms with E-state index in [1.54, 1.807) is 0 Å². The third-order valence-electron chi connectivity index (χ3n) is 9.87. The first-order valence-electron chi connectivity index (χ1n) is 16.6. The minimum atomic E-state index is -1.36. The maximum atomic E-state index is 12.9. The van der Waals surface area contributed by atoms with Gasteiger partial charge in [-0.05, 0) is 87.7 Å². The van der Waals surface area contributed by atoms with Gasteiger partial charge in [-0.3, -0.25) is 0 Å². The Morgan fingerprint density at radius 3 is 1.87 bits per heavy atom. The van der Waals surface area contributed by atoms with E-state index in [1.165, 1.54) is 60.8 Å². The van der Waals surface area contributed by atoms with Crippen LogP contribution in [0, 0.1) is 0 Å². The molecule has 1 aliphatic carbocycles. The highest BCUT2D eigenvalue weighted by Gasteiger charge is 2.42. The SMILES string of the molecule is C=CCC1(CCCCCCCC)c2ccccc2-c2ccc(-c3ccccc3C(O)(c3ccc(Br)cc3)c3ccc(Br)cc3)cc21. The zero-order valence-electron chi connectivity index (χ0n) is 26.6. The van der Waals surface area contributed by atoms with E-state index < -0.39 is 5.60 Å². The van der Waals surface area contributed by atoms with Crippen molar-refractivity contribution in [3.05, 3.63) is 165 Å². The van der Waals surface area contributed by atoms with Crippen LogP contribution in [0.3, 0.4) is 0 Å². The first kappa shape index (κ1) is 32.7. The summed E-state index contributed by atoms with van der Waals surface area (Å²) < 4.78 is 1.95. The summed E-state index contributed by atoms with van der Waals surface area (Å²) in [7, 11) is 0. The van der Waals surface area contributed by atoms with Crippen molar-refractivity contribution < 1.29 is 5.11 Å². The zero-order valence-corrected chi connectivity index (χ0v) is 29.8. The Hall–Kier alpha value is -3.24. The zero-order chi connectivity index (χ0) is 32.1. The van der Waals surface area contributed by atoms with Crippen LogP contribution in [0.4, 0.5) is 0 Å². The Kier molecular flexibility index (Phi) is 10.1. The van der Waals surface area contributed by atoms with Crippen molar-refractivity contribution in [2.75, 3.05) is 0 Å². The van der Waals surface area contributed by atoms with Crippen LogP contribution in [0.15, 0.2) is 137 Å². The standard InChI is InChI=1S/C43H42Br2O/c1-3-5-6-7-8-13-29-42(28-4-2)39-16-11-10-15-37(39)38-27-18-31(30-41(38)42)36-14-9-12-17-40(36)43(46,32-19-23-34(44)24-20-32)33-21-25-35(45)26-22-33/h4,9-12,14-27,30,46H,2-3,5-8,13,28-29H2,1H3. The number of fused-ring (bicyclic) bond motifs is 3. The van der Waals surface area contributed by atoms with Crippen LogP contribution in [0.1, 0.15) is 86.1 Å². The normalized spacial score (nSPS) is 15.4. The number of allylic oxidation sites excluding steroid dienone is 1. The molecule has 5 aromatic carbocycles. The molecular formula is C43H42Br2O. The second-order valence-electron chi connectivity index (χ2n) is 12.7. The van der Waals surface area contributed by atoms with Gasteiger partial charge < -0.3 is 5.11 Å². The summed E-state index contributed by atoms with van der Waals surface area (Å²) in [6.07, 6.45) is 11.8. The van der Waals surface area contributed by atoms with Crippen molar-refractivity contribution in [2.45, 2.75) is 69.3 Å². The third kappa shape index (κ3) is 6.10. The molecule has 1 unspecified atom stereocenters. The topological polar surface area (TPSA) is 20.2 Å². The average molecular weight is 735 g/mol. The summed E-state index contributed by atoms with van der Waals surface area (Å²) in [5.41, 5.74) is 8.63. The smallest absolute Gasteiger partial charge is 0.141 e. The van der Waals surface area contributed by atoms with Gasteiger partial charge in [-0.25, -0.2) is 0 Å². The summed E-state index contributed by atoms with van der Waals surface area (Å²) in [5.74, 6) is 0. The number of halogens is 2. The highest BCUT2D eigenvalue weighted by molar-refractivity contribution is 9.10. The molecule has 0 amide bonds. The Balaban J connectivity index is 1.49. The number of hydrogen-bond acceptors (Lipinski definition) is 1. The monoisotopic (exact) mass is 732 g/mol. The van der Waals surface area contributed by atoms with Crippen LogP contribution < -0.4 is 0 Å². The maximum Gasteiger partial charge on any atom is 0.141 e. The van der Waals surface area contributed by atoms with Gasteiger partial charge in [-0.15, -0.1) is 6.58 Å². The highest BCUT2D eigenvalue weighted by Crippen LogP contribution is 2.55. The fraction of sp³-hybridized carbons (Fsp3) is 0.256. The van der Waals surface area contributed by atoms with Gasteiger partial charge in [0.05, 0.1) is 0 Å². The van der Waals surface area contributed by atoms with Crippen LogP contribution in [0.25, 0.3) is 22.3 Å². The van der Waals surface area contributed by atoms with Crippen molar-refractivity contribution in [2.24, 2.45) is 0 Å². The van der Waals surface area contributed by atoms with Crippen molar-refractivity contribution >= 4 is 31.9 Å². The molecule has 0 heterocycles. The minimum Gasteiger partial charge on any atom is -0.376 e. The van der Waals surface area contributed by atoms with E-state index in [0.717, 1.165) is 49.6 Å². The first-order chi connectivity index (χ1) is 22.4. The van der Waals surface area contributed by atoms with Crippen molar-refractivity contribution in [1.29, 1.82) is 0 Å². The van der Waals surface area contributed by atoms with Crippen LogP contribution in [0.5, 0.6) is 0 Å². The Labute approximate surface area is 291 Å². The number of rotatable bonds is 13. The van der Waals surface area contributed by atoms with Crippen LogP contribution in [-0.4, -0.2) is 5.11 Å². The lowest BCUT2D eigenvalue weighted by Crippen LogP contribution is -2.29. The van der Waals surface area contributed by atoms with Gasteiger partial charge in [0.2, 0.25) is 0 Å². The molecule has 234 valence electrons. The van der Waals surface area contributed by atoms with E-state index >= 15 is 0 Å². The highest BCUT2D eigenvalue weighted by atomic mass is 79.9. The number of aliphatic hydroxyl groups is 1. The second kappa shape index (κ2) is 14.3. The Morgan fingerprint density at radius 1 is 0.652 bits per heavy atom. The van der Waals surface area contributed by atoms with Gasteiger partial charge in [-0.1, -0.05) is 168 Å². The maximum absolute atomic E-state index is 12.9. The molecule has 1 aliphatic rings. The van der Waals surface area contributed by atoms with E-state index in [-0.39, 0.29) is 5.41 Å². The molecule has 0 saturated heterocycles. The molecule has 6 rings (SSSR count). The molecule has 46 heavy (non-hydrogen) atoms. The van der Waals surface area contributed by atoms with Crippen LogP contribution >= 0.6 is 31.9 Å². The minimum absolute atomic E-state index is 0.114. The number of benzene rings is 5. The summed E-state index contributed by atoms with van der Waals surface area (Å²) in [5, 5.41) is 12.9. The molecular weight excluding hydrogens is 692 g/mol. The third-order valence-corrected chi connectivity index (χ3v) is 10.9. The van der Waals surface area contributed by atoms with Crippen molar-refractivity contribution in [3.63, 3.8) is 0 Å². The van der Waals surface area contributed by atoms with Crippen molar-refractivity contribution in [1.82, 2.24) is 0 Å². The Morgan fingerprint density at radius 2 is 1.22 bits per heavy atom. The lowest BCUT2D eigenvalue weighted by Gasteiger charge is -2.33. The van der Waals surface area contributed by atoms with Gasteiger partial charge in [-0.2, -0.15) is 0 Å². The average Bonchev–Trinajstić information content (AvgIpc) is 3.35. The molecule has 3 heteroatoms. The number of unbranched alkanes of at least 4 members (excludes halogenated alkanes) is 5. The summed E-state index contributed by atoms with van der Waals surface area (Å²) in [6, 6.07) is 40.3. The van der Waals surface area contributed by atoms with E-state index in [1.807, 2.05) is 54.6 Å². The molecule has 0 aliphatic heterocycles. The lowest BCUT2D eigenvalue weighted by molar-refractivity contribution is 0.126. The van der Waals surface area contributed by atoms with Crippen molar-refractivity contribution in [3.8, 4) is 22.3 Å². The molecule has 0 bridgehead atoms. The largest absolute Gasteiger partial charge is 0.376 e. The Bertz CT molecular complexity index is 1760. The van der Waals surface area contributed by atoms with E-state index in [4.69, 9.17) is 0 Å². The molecule has 1 atom stereocenters. The van der Waals surface area contributed by atoms with Gasteiger partial charge in [0.15, 0.2) is 0 Å². The lowest BCUT2D eigenvalue weighted by atomic mass is 9.71. The predicted molar refractivity (Wildman–Crippen MR) is 201 cm³/mol. The summed E-state index contributed by atoms with van der Waals surface area (Å²) in [4.78, 5) is 0.